The van der Waals surface area contributed by atoms with Crippen molar-refractivity contribution in [3.8, 4) is 11.5 Å². The van der Waals surface area contributed by atoms with E-state index >= 15 is 0 Å². The Bertz CT molecular complexity index is 646. The quantitative estimate of drug-likeness (QED) is 0.797. The van der Waals surface area contributed by atoms with Crippen LogP contribution in [0.15, 0.2) is 36.4 Å². The van der Waals surface area contributed by atoms with Gasteiger partial charge in [-0.2, -0.15) is 0 Å². The summed E-state index contributed by atoms with van der Waals surface area (Å²) in [7, 11) is 0. The highest BCUT2D eigenvalue weighted by atomic mass is 35.5. The van der Waals surface area contributed by atoms with E-state index in [-0.39, 0.29) is 4.99 Å². The van der Waals surface area contributed by atoms with Gasteiger partial charge in [-0.25, -0.2) is 0 Å². The van der Waals surface area contributed by atoms with Gasteiger partial charge in [0, 0.05) is 16.1 Å². The molecule has 0 fully saturated rings. The van der Waals surface area contributed by atoms with Gasteiger partial charge in [0.05, 0.1) is 10.6 Å². The first-order valence-corrected chi connectivity index (χ1v) is 6.74. The van der Waals surface area contributed by atoms with Crippen LogP contribution in [-0.2, 0) is 0 Å². The Labute approximate surface area is 131 Å². The van der Waals surface area contributed by atoms with Crippen LogP contribution >= 0.6 is 47.0 Å². The number of ether oxygens (including phenoxy) is 1. The fraction of sp³-hybridized carbons (Fsp3) is 0. The maximum atomic E-state index is 6.04. The number of thiocarbonyl (C=S) groups is 1. The molecule has 0 heterocycles. The van der Waals surface area contributed by atoms with Gasteiger partial charge in [-0.1, -0.05) is 47.0 Å². The summed E-state index contributed by atoms with van der Waals surface area (Å²) in [4.78, 5) is 0.190. The van der Waals surface area contributed by atoms with Gasteiger partial charge in [0.25, 0.3) is 0 Å². The summed E-state index contributed by atoms with van der Waals surface area (Å²) in [5.74, 6) is 0.898. The monoisotopic (exact) mass is 331 g/mol. The van der Waals surface area contributed by atoms with E-state index in [1.165, 1.54) is 0 Å². The van der Waals surface area contributed by atoms with Crippen molar-refractivity contribution in [1.29, 1.82) is 0 Å². The highest BCUT2D eigenvalue weighted by Crippen LogP contribution is 2.34. The molecule has 98 valence electrons. The van der Waals surface area contributed by atoms with E-state index in [1.54, 1.807) is 36.4 Å². The van der Waals surface area contributed by atoms with Crippen LogP contribution in [0.1, 0.15) is 5.56 Å². The van der Waals surface area contributed by atoms with Crippen LogP contribution < -0.4 is 10.5 Å². The lowest BCUT2D eigenvalue weighted by Gasteiger charge is -2.12. The smallest absolute Gasteiger partial charge is 0.147 e. The Balaban J connectivity index is 2.43. The second-order valence-corrected chi connectivity index (χ2v) is 5.40. The van der Waals surface area contributed by atoms with Crippen molar-refractivity contribution >= 4 is 52.0 Å². The van der Waals surface area contributed by atoms with Crippen LogP contribution in [0.2, 0.25) is 15.1 Å². The van der Waals surface area contributed by atoms with E-state index < -0.39 is 0 Å². The van der Waals surface area contributed by atoms with Crippen LogP contribution in [0.25, 0.3) is 0 Å². The molecule has 0 radical (unpaired) electrons. The van der Waals surface area contributed by atoms with Gasteiger partial charge >= 0.3 is 0 Å². The summed E-state index contributed by atoms with van der Waals surface area (Å²) < 4.78 is 5.69. The minimum Gasteiger partial charge on any atom is -0.455 e. The Morgan fingerprint density at radius 2 is 1.58 bits per heavy atom. The lowest BCUT2D eigenvalue weighted by atomic mass is 10.2. The highest BCUT2D eigenvalue weighted by Gasteiger charge is 2.11. The van der Waals surface area contributed by atoms with E-state index in [1.807, 2.05) is 0 Å². The number of halogens is 3. The third-order valence-electron chi connectivity index (χ3n) is 2.32. The molecule has 0 saturated carbocycles. The van der Waals surface area contributed by atoms with Gasteiger partial charge in [0.2, 0.25) is 0 Å². The molecule has 0 saturated heterocycles. The Hall–Kier alpha value is -1.000. The van der Waals surface area contributed by atoms with Crippen molar-refractivity contribution < 1.29 is 4.74 Å². The maximum Gasteiger partial charge on any atom is 0.147 e. The molecule has 0 amide bonds. The van der Waals surface area contributed by atoms with E-state index in [4.69, 9.17) is 57.5 Å². The van der Waals surface area contributed by atoms with Crippen LogP contribution in [0.3, 0.4) is 0 Å². The van der Waals surface area contributed by atoms with Crippen molar-refractivity contribution in [1.82, 2.24) is 0 Å². The summed E-state index contributed by atoms with van der Waals surface area (Å²) in [6.45, 7) is 0. The average molecular weight is 333 g/mol. The zero-order valence-corrected chi connectivity index (χ0v) is 12.6. The van der Waals surface area contributed by atoms with Crippen LogP contribution in [0.4, 0.5) is 0 Å². The summed E-state index contributed by atoms with van der Waals surface area (Å²) >= 11 is 22.8. The fourth-order valence-corrected chi connectivity index (χ4v) is 2.11. The van der Waals surface area contributed by atoms with Gasteiger partial charge in [-0.3, -0.25) is 0 Å². The summed E-state index contributed by atoms with van der Waals surface area (Å²) in [5, 5.41) is 1.48. The van der Waals surface area contributed by atoms with E-state index in [2.05, 4.69) is 0 Å². The average Bonchev–Trinajstić information content (AvgIpc) is 2.35. The van der Waals surface area contributed by atoms with Gasteiger partial charge in [0.15, 0.2) is 0 Å². The predicted octanol–water partition coefficient (Wildman–Crippen LogP) is 5.07. The third-order valence-corrected chi connectivity index (χ3v) is 3.32. The molecule has 0 aliphatic rings. The molecule has 2 aromatic carbocycles. The molecule has 0 aliphatic carbocycles. The van der Waals surface area contributed by atoms with Crippen LogP contribution in [0, 0.1) is 0 Å². The van der Waals surface area contributed by atoms with Crippen molar-refractivity contribution in [2.75, 3.05) is 0 Å². The van der Waals surface area contributed by atoms with Crippen molar-refractivity contribution in [2.45, 2.75) is 0 Å². The summed E-state index contributed by atoms with van der Waals surface area (Å²) in [6, 6.07) is 9.92. The van der Waals surface area contributed by atoms with Crippen LogP contribution in [-0.4, -0.2) is 4.99 Å². The lowest BCUT2D eigenvalue weighted by Crippen LogP contribution is -2.10. The first-order chi connectivity index (χ1) is 8.97. The number of hydrogen-bond donors (Lipinski definition) is 1. The SMILES string of the molecule is NC(=S)c1cc(Cl)ccc1Oc1cc(Cl)ccc1Cl. The molecule has 2 nitrogen and oxygen atoms in total. The normalized spacial score (nSPS) is 10.3. The van der Waals surface area contributed by atoms with Gasteiger partial charge in [-0.05, 0) is 30.3 Å². The van der Waals surface area contributed by atoms with Crippen molar-refractivity contribution in [3.63, 3.8) is 0 Å². The second kappa shape index (κ2) is 5.97. The second-order valence-electron chi connectivity index (χ2n) is 3.68. The largest absolute Gasteiger partial charge is 0.455 e. The molecule has 2 N–H and O–H groups in total. The zero-order valence-electron chi connectivity index (χ0n) is 9.49. The summed E-state index contributed by atoms with van der Waals surface area (Å²) in [6.07, 6.45) is 0. The van der Waals surface area contributed by atoms with E-state index in [0.717, 1.165) is 0 Å². The molecule has 0 unspecified atom stereocenters. The number of benzene rings is 2. The topological polar surface area (TPSA) is 35.2 Å². The molecule has 0 atom stereocenters. The molecule has 2 rings (SSSR count). The molecule has 0 aromatic heterocycles. The van der Waals surface area contributed by atoms with E-state index in [9.17, 15) is 0 Å². The summed E-state index contributed by atoms with van der Waals surface area (Å²) in [5.41, 5.74) is 6.18. The fourth-order valence-electron chi connectivity index (χ4n) is 1.46. The van der Waals surface area contributed by atoms with Crippen molar-refractivity contribution in [3.05, 3.63) is 57.0 Å². The minimum absolute atomic E-state index is 0.190. The first kappa shape index (κ1) is 14.4. The Morgan fingerprint density at radius 3 is 2.26 bits per heavy atom. The Kier molecular flexibility index (Phi) is 4.53. The number of nitrogens with two attached hydrogens (primary N) is 1. The Morgan fingerprint density at radius 1 is 0.947 bits per heavy atom. The molecule has 2 aromatic rings. The highest BCUT2D eigenvalue weighted by molar-refractivity contribution is 7.80. The molecule has 6 heteroatoms. The number of hydrogen-bond acceptors (Lipinski definition) is 2. The molecular formula is C13H8Cl3NOS. The lowest BCUT2D eigenvalue weighted by molar-refractivity contribution is 0.482. The van der Waals surface area contributed by atoms with Crippen molar-refractivity contribution in [2.24, 2.45) is 5.73 Å². The molecule has 0 aliphatic heterocycles. The molecule has 0 spiro atoms. The van der Waals surface area contributed by atoms with Crippen LogP contribution in [0.5, 0.6) is 11.5 Å². The minimum atomic E-state index is 0.190. The molecule has 0 bridgehead atoms. The predicted molar refractivity (Wildman–Crippen MR) is 83.9 cm³/mol. The third kappa shape index (κ3) is 3.51. The zero-order chi connectivity index (χ0) is 14.0. The number of rotatable bonds is 3. The maximum absolute atomic E-state index is 6.04. The van der Waals surface area contributed by atoms with E-state index in [0.29, 0.717) is 32.1 Å². The molecular weight excluding hydrogens is 325 g/mol. The van der Waals surface area contributed by atoms with Gasteiger partial charge in [0.1, 0.15) is 16.5 Å². The molecule has 19 heavy (non-hydrogen) atoms. The first-order valence-electron chi connectivity index (χ1n) is 5.19. The standard InChI is InChI=1S/C13H8Cl3NOS/c14-7-2-4-11(9(5-7)13(17)19)18-12-6-8(15)1-3-10(12)16/h1-6H,(H2,17,19). The van der Waals surface area contributed by atoms with Gasteiger partial charge < -0.3 is 10.5 Å². The van der Waals surface area contributed by atoms with Gasteiger partial charge in [-0.15, -0.1) is 0 Å².